The fourth-order valence-corrected chi connectivity index (χ4v) is 4.24. The van der Waals surface area contributed by atoms with E-state index < -0.39 is 5.43 Å². The van der Waals surface area contributed by atoms with E-state index in [0.717, 1.165) is 17.8 Å². The van der Waals surface area contributed by atoms with Crippen LogP contribution in [0.15, 0.2) is 0 Å². The molecule has 2 aliphatic carbocycles. The molecule has 2 saturated carbocycles. The van der Waals surface area contributed by atoms with E-state index in [9.17, 15) is 0 Å². The van der Waals surface area contributed by atoms with E-state index in [2.05, 4.69) is 18.5 Å². The number of carboxylic acid groups (broad SMARTS) is 1. The molecule has 2 aliphatic rings. The van der Waals surface area contributed by atoms with E-state index in [4.69, 9.17) is 9.90 Å². The van der Waals surface area contributed by atoms with Gasteiger partial charge in [0.15, 0.2) is 0 Å². The molecule has 124 valence electrons. The van der Waals surface area contributed by atoms with Crippen molar-refractivity contribution >= 4 is 17.0 Å². The maximum absolute atomic E-state index is 8.77. The molecule has 0 aromatic heterocycles. The standard InChI is InChI=1S/C17H32.CHClO2/c1-2-3-5-8-15-11-13-17(14-12-15)16-9-6-4-7-10-16;2-1(3)4/h15-17H,2-14H2,1H3;(H,3,4)/t15-,17-;. The first-order valence-electron chi connectivity index (χ1n) is 9.01. The van der Waals surface area contributed by atoms with Crippen LogP contribution in [0.5, 0.6) is 0 Å². The summed E-state index contributed by atoms with van der Waals surface area (Å²) in [5.74, 6) is 3.35. The first-order valence-corrected chi connectivity index (χ1v) is 9.39. The van der Waals surface area contributed by atoms with Crippen molar-refractivity contribution < 1.29 is 9.90 Å². The molecule has 3 heteroatoms. The lowest BCUT2D eigenvalue weighted by molar-refractivity contribution is 0.162. The Kier molecular flexibility index (Phi) is 10.2. The van der Waals surface area contributed by atoms with Crippen LogP contribution in [0.25, 0.3) is 0 Å². The van der Waals surface area contributed by atoms with Gasteiger partial charge in [0.1, 0.15) is 0 Å². The Morgan fingerprint density at radius 2 is 1.48 bits per heavy atom. The predicted molar refractivity (Wildman–Crippen MR) is 90.0 cm³/mol. The second-order valence-electron chi connectivity index (χ2n) is 6.93. The maximum Gasteiger partial charge on any atom is 0.401 e. The first kappa shape index (κ1) is 18.8. The molecule has 0 heterocycles. The van der Waals surface area contributed by atoms with Gasteiger partial charge in [-0.05, 0) is 30.6 Å². The van der Waals surface area contributed by atoms with Crippen molar-refractivity contribution in [2.24, 2.45) is 17.8 Å². The van der Waals surface area contributed by atoms with Crippen LogP contribution in [0.2, 0.25) is 0 Å². The van der Waals surface area contributed by atoms with Crippen LogP contribution in [-0.2, 0) is 0 Å². The molecule has 2 nitrogen and oxygen atoms in total. The molecule has 0 spiro atoms. The third kappa shape index (κ3) is 8.70. The van der Waals surface area contributed by atoms with Crippen molar-refractivity contribution in [2.75, 3.05) is 0 Å². The van der Waals surface area contributed by atoms with Crippen molar-refractivity contribution in [1.29, 1.82) is 0 Å². The Bertz CT molecular complexity index is 262. The normalized spacial score (nSPS) is 26.8. The van der Waals surface area contributed by atoms with E-state index in [-0.39, 0.29) is 0 Å². The lowest BCUT2D eigenvalue weighted by atomic mass is 9.70. The molecule has 0 atom stereocenters. The van der Waals surface area contributed by atoms with Gasteiger partial charge in [0.05, 0.1) is 0 Å². The zero-order valence-corrected chi connectivity index (χ0v) is 14.4. The molecule has 2 fully saturated rings. The lowest BCUT2D eigenvalue weighted by Gasteiger charge is -2.36. The smallest absolute Gasteiger partial charge is 0.401 e. The van der Waals surface area contributed by atoms with E-state index in [0.29, 0.717) is 0 Å². The predicted octanol–water partition coefficient (Wildman–Crippen LogP) is 6.86. The van der Waals surface area contributed by atoms with Gasteiger partial charge in [-0.2, -0.15) is 0 Å². The topological polar surface area (TPSA) is 37.3 Å². The molecule has 21 heavy (non-hydrogen) atoms. The van der Waals surface area contributed by atoms with Crippen molar-refractivity contribution in [3.63, 3.8) is 0 Å². The minimum absolute atomic E-state index is 1.10. The van der Waals surface area contributed by atoms with E-state index in [1.54, 1.807) is 38.5 Å². The zero-order valence-electron chi connectivity index (χ0n) is 13.7. The van der Waals surface area contributed by atoms with Gasteiger partial charge in [0.2, 0.25) is 0 Å². The summed E-state index contributed by atoms with van der Waals surface area (Å²) in [6.45, 7) is 2.32. The van der Waals surface area contributed by atoms with Crippen LogP contribution < -0.4 is 0 Å². The fraction of sp³-hybridized carbons (Fsp3) is 0.944. The lowest BCUT2D eigenvalue weighted by Crippen LogP contribution is -2.23. The quantitative estimate of drug-likeness (QED) is 0.444. The van der Waals surface area contributed by atoms with Crippen LogP contribution in [0.4, 0.5) is 4.79 Å². The van der Waals surface area contributed by atoms with Crippen LogP contribution in [0, 0.1) is 17.8 Å². The highest BCUT2D eigenvalue weighted by Crippen LogP contribution is 2.40. The first-order chi connectivity index (χ1) is 10.1. The van der Waals surface area contributed by atoms with Crippen LogP contribution in [0.1, 0.15) is 90.4 Å². The van der Waals surface area contributed by atoms with Crippen molar-refractivity contribution in [3.05, 3.63) is 0 Å². The number of rotatable bonds is 5. The largest absolute Gasteiger partial charge is 0.469 e. The Hall–Kier alpha value is -0.240. The van der Waals surface area contributed by atoms with Gasteiger partial charge in [-0.25, -0.2) is 4.79 Å². The molecule has 0 aliphatic heterocycles. The Morgan fingerprint density at radius 1 is 0.952 bits per heavy atom. The molecule has 0 aromatic carbocycles. The van der Waals surface area contributed by atoms with Gasteiger partial charge in [-0.1, -0.05) is 77.6 Å². The summed E-state index contributed by atoms with van der Waals surface area (Å²) in [5.41, 5.74) is -1.36. The minimum atomic E-state index is -1.36. The Labute approximate surface area is 135 Å². The summed E-state index contributed by atoms with van der Waals surface area (Å²) < 4.78 is 0. The average Bonchev–Trinajstić information content (AvgIpc) is 2.49. The third-order valence-corrected chi connectivity index (χ3v) is 5.42. The van der Waals surface area contributed by atoms with Crippen LogP contribution >= 0.6 is 11.6 Å². The molecule has 0 radical (unpaired) electrons. The van der Waals surface area contributed by atoms with E-state index in [1.165, 1.54) is 44.9 Å². The summed E-state index contributed by atoms with van der Waals surface area (Å²) in [4.78, 5) is 8.77. The van der Waals surface area contributed by atoms with Gasteiger partial charge in [0, 0.05) is 11.6 Å². The monoisotopic (exact) mass is 316 g/mol. The van der Waals surface area contributed by atoms with Crippen LogP contribution in [-0.4, -0.2) is 10.5 Å². The molecule has 0 aromatic rings. The fourth-order valence-electron chi connectivity index (χ4n) is 4.24. The molecule has 0 unspecified atom stereocenters. The van der Waals surface area contributed by atoms with Gasteiger partial charge < -0.3 is 5.11 Å². The second-order valence-corrected chi connectivity index (χ2v) is 7.25. The number of unbranched alkanes of at least 4 members (excludes halogenated alkanes) is 2. The van der Waals surface area contributed by atoms with Gasteiger partial charge in [-0.3, -0.25) is 0 Å². The molecular weight excluding hydrogens is 284 g/mol. The van der Waals surface area contributed by atoms with Crippen molar-refractivity contribution in [3.8, 4) is 0 Å². The summed E-state index contributed by atoms with van der Waals surface area (Å²) in [7, 11) is 0. The van der Waals surface area contributed by atoms with Crippen molar-refractivity contribution in [2.45, 2.75) is 90.4 Å². The number of hydrogen-bond acceptors (Lipinski definition) is 1. The Morgan fingerprint density at radius 3 is 2.00 bits per heavy atom. The molecular formula is C18H33ClO2. The highest BCUT2D eigenvalue weighted by molar-refractivity contribution is 6.60. The summed E-state index contributed by atoms with van der Waals surface area (Å²) >= 11 is 4.19. The molecule has 0 bridgehead atoms. The van der Waals surface area contributed by atoms with E-state index in [1.807, 2.05) is 0 Å². The van der Waals surface area contributed by atoms with Gasteiger partial charge >= 0.3 is 5.43 Å². The third-order valence-electron chi connectivity index (χ3n) is 5.42. The summed E-state index contributed by atoms with van der Waals surface area (Å²) in [5, 5.41) is 7.18. The second kappa shape index (κ2) is 11.3. The molecule has 0 saturated heterocycles. The molecule has 2 rings (SSSR count). The highest BCUT2D eigenvalue weighted by Gasteiger charge is 2.28. The van der Waals surface area contributed by atoms with Crippen molar-refractivity contribution in [1.82, 2.24) is 0 Å². The highest BCUT2D eigenvalue weighted by atomic mass is 35.5. The zero-order chi connectivity index (χ0) is 15.5. The minimum Gasteiger partial charge on any atom is -0.469 e. The van der Waals surface area contributed by atoms with E-state index >= 15 is 0 Å². The summed E-state index contributed by atoms with van der Waals surface area (Å²) in [6, 6.07) is 0. The van der Waals surface area contributed by atoms with Gasteiger partial charge in [0.25, 0.3) is 0 Å². The number of hydrogen-bond donors (Lipinski definition) is 1. The molecule has 1 N–H and O–H groups in total. The number of carbonyl (C=O) groups is 1. The van der Waals surface area contributed by atoms with Crippen LogP contribution in [0.3, 0.4) is 0 Å². The average molecular weight is 317 g/mol. The SMILES string of the molecule is CCCCC[C@H]1CC[C@H](C2CCCCC2)CC1.O=C(O)Cl. The number of halogens is 1. The Balaban J connectivity index is 0.000000491. The van der Waals surface area contributed by atoms with Gasteiger partial charge in [-0.15, -0.1) is 0 Å². The maximum atomic E-state index is 8.77. The summed E-state index contributed by atoms with van der Waals surface area (Å²) in [6.07, 6.45) is 19.8. The molecule has 0 amide bonds.